The third-order valence-electron chi connectivity index (χ3n) is 8.58. The van der Waals surface area contributed by atoms with E-state index in [1.54, 1.807) is 0 Å². The van der Waals surface area contributed by atoms with E-state index < -0.39 is 0 Å². The van der Waals surface area contributed by atoms with E-state index in [4.69, 9.17) is 9.97 Å². The molecule has 0 aliphatic carbocycles. The van der Waals surface area contributed by atoms with Gasteiger partial charge in [-0.15, -0.1) is 0 Å². The first kappa shape index (κ1) is 23.9. The Morgan fingerprint density at radius 3 is 1.91 bits per heavy atom. The summed E-state index contributed by atoms with van der Waals surface area (Å²) in [6, 6.07) is 53.8. The molecule has 9 rings (SSSR count). The van der Waals surface area contributed by atoms with Crippen molar-refractivity contribution in [1.82, 2.24) is 14.5 Å². The smallest absolute Gasteiger partial charge is 0.235 e. The Kier molecular flexibility index (Phi) is 5.20. The summed E-state index contributed by atoms with van der Waals surface area (Å²) in [6.07, 6.45) is 0. The lowest BCUT2D eigenvalue weighted by Crippen LogP contribution is -2.03. The third-order valence-corrected chi connectivity index (χ3v) is 8.58. The molecule has 0 unspecified atom stereocenters. The topological polar surface area (TPSA) is 30.7 Å². The molecule has 0 spiro atoms. The summed E-state index contributed by atoms with van der Waals surface area (Å²) in [5.74, 6) is 0.673. The highest BCUT2D eigenvalue weighted by Crippen LogP contribution is 2.37. The number of hydrogen-bond donors (Lipinski definition) is 0. The molecule has 0 aliphatic rings. The Morgan fingerprint density at radius 1 is 0.372 bits per heavy atom. The molecule has 2 heterocycles. The fourth-order valence-corrected chi connectivity index (χ4v) is 6.50. The first-order valence-electron chi connectivity index (χ1n) is 14.6. The van der Waals surface area contributed by atoms with Crippen molar-refractivity contribution >= 4 is 54.3 Å². The summed E-state index contributed by atoms with van der Waals surface area (Å²) < 4.78 is 2.22. The van der Waals surface area contributed by atoms with Gasteiger partial charge in [-0.3, -0.25) is 4.57 Å². The SMILES string of the molecule is c1ccc(-c2nc(-n3c4ccccc4c4cc(-c5ccc6ccccc6c5)ccc43)nc3c2ccc2ccccc23)cc1. The maximum atomic E-state index is 5.30. The first-order valence-corrected chi connectivity index (χ1v) is 14.6. The summed E-state index contributed by atoms with van der Waals surface area (Å²) in [6.45, 7) is 0. The van der Waals surface area contributed by atoms with E-state index in [1.165, 1.54) is 38.1 Å². The van der Waals surface area contributed by atoms with E-state index >= 15 is 0 Å². The second-order valence-corrected chi connectivity index (χ2v) is 11.1. The van der Waals surface area contributed by atoms with Gasteiger partial charge in [0.15, 0.2) is 0 Å². The van der Waals surface area contributed by atoms with Gasteiger partial charge in [-0.05, 0) is 57.6 Å². The Bertz CT molecular complexity index is 2510. The van der Waals surface area contributed by atoms with Crippen molar-refractivity contribution in [3.05, 3.63) is 152 Å². The van der Waals surface area contributed by atoms with E-state index in [0.717, 1.165) is 38.6 Å². The number of benzene rings is 7. The Labute approximate surface area is 248 Å². The second kappa shape index (κ2) is 9.37. The molecule has 7 aromatic carbocycles. The zero-order chi connectivity index (χ0) is 28.3. The normalized spacial score (nSPS) is 11.7. The number of aromatic nitrogens is 3. The molecular formula is C40H25N3. The molecule has 0 aliphatic heterocycles. The van der Waals surface area contributed by atoms with Crippen LogP contribution in [0.4, 0.5) is 0 Å². The van der Waals surface area contributed by atoms with Crippen molar-refractivity contribution in [2.24, 2.45) is 0 Å². The number of para-hydroxylation sites is 1. The highest BCUT2D eigenvalue weighted by Gasteiger charge is 2.18. The average Bonchev–Trinajstić information content (AvgIpc) is 3.41. The Balaban J connectivity index is 1.34. The third kappa shape index (κ3) is 3.75. The molecule has 0 saturated heterocycles. The van der Waals surface area contributed by atoms with E-state index in [0.29, 0.717) is 5.95 Å². The molecule has 0 saturated carbocycles. The molecule has 3 nitrogen and oxygen atoms in total. The molecule has 3 heteroatoms. The lowest BCUT2D eigenvalue weighted by atomic mass is 9.99. The molecule has 0 amide bonds. The van der Waals surface area contributed by atoms with Crippen LogP contribution in [0.3, 0.4) is 0 Å². The highest BCUT2D eigenvalue weighted by molar-refractivity contribution is 6.12. The standard InChI is InChI=1S/C40H25N3/c1-2-12-28(13-3-1)38-34-22-20-27-11-6-7-15-32(27)39(34)42-40(41-38)43-36-17-9-8-16-33(36)35-25-31(21-23-37(35)43)30-19-18-26-10-4-5-14-29(26)24-30/h1-25H. The van der Waals surface area contributed by atoms with Crippen LogP contribution in [-0.2, 0) is 0 Å². The van der Waals surface area contributed by atoms with Crippen molar-refractivity contribution in [3.8, 4) is 28.3 Å². The zero-order valence-electron chi connectivity index (χ0n) is 23.3. The minimum Gasteiger partial charge on any atom is -0.278 e. The van der Waals surface area contributed by atoms with Gasteiger partial charge in [0, 0.05) is 27.1 Å². The number of nitrogens with zero attached hydrogens (tertiary/aromatic N) is 3. The molecule has 0 fully saturated rings. The molecule has 2 aromatic heterocycles. The van der Waals surface area contributed by atoms with Crippen LogP contribution < -0.4 is 0 Å². The van der Waals surface area contributed by atoms with Gasteiger partial charge in [0.1, 0.15) is 0 Å². The monoisotopic (exact) mass is 547 g/mol. The molecule has 200 valence electrons. The van der Waals surface area contributed by atoms with Crippen molar-refractivity contribution in [2.75, 3.05) is 0 Å². The van der Waals surface area contributed by atoms with Crippen molar-refractivity contribution in [1.29, 1.82) is 0 Å². The van der Waals surface area contributed by atoms with Crippen molar-refractivity contribution < 1.29 is 0 Å². The molecule has 0 N–H and O–H groups in total. The second-order valence-electron chi connectivity index (χ2n) is 11.1. The molecular weight excluding hydrogens is 522 g/mol. The molecule has 9 aromatic rings. The van der Waals surface area contributed by atoms with Crippen LogP contribution in [0.15, 0.2) is 152 Å². The number of rotatable bonds is 3. The molecule has 0 bridgehead atoms. The summed E-state index contributed by atoms with van der Waals surface area (Å²) in [5.41, 5.74) is 7.54. The lowest BCUT2D eigenvalue weighted by molar-refractivity contribution is 1.02. The van der Waals surface area contributed by atoms with Crippen LogP contribution in [0.1, 0.15) is 0 Å². The van der Waals surface area contributed by atoms with Gasteiger partial charge in [-0.25, -0.2) is 9.97 Å². The van der Waals surface area contributed by atoms with E-state index in [9.17, 15) is 0 Å². The lowest BCUT2D eigenvalue weighted by Gasteiger charge is -2.13. The first-order chi connectivity index (χ1) is 21.3. The maximum Gasteiger partial charge on any atom is 0.235 e. The van der Waals surface area contributed by atoms with Crippen LogP contribution >= 0.6 is 0 Å². The molecule has 43 heavy (non-hydrogen) atoms. The minimum absolute atomic E-state index is 0.673. The fourth-order valence-electron chi connectivity index (χ4n) is 6.50. The summed E-state index contributed by atoms with van der Waals surface area (Å²) in [7, 11) is 0. The van der Waals surface area contributed by atoms with Crippen LogP contribution in [0.25, 0.3) is 82.6 Å². The maximum absolute atomic E-state index is 5.30. The quantitative estimate of drug-likeness (QED) is 0.206. The average molecular weight is 548 g/mol. The van der Waals surface area contributed by atoms with Crippen molar-refractivity contribution in [2.45, 2.75) is 0 Å². The predicted molar refractivity (Wildman–Crippen MR) is 180 cm³/mol. The van der Waals surface area contributed by atoms with E-state index in [1.807, 2.05) is 6.07 Å². The largest absolute Gasteiger partial charge is 0.278 e. The summed E-state index contributed by atoms with van der Waals surface area (Å²) in [5, 5.41) is 8.20. The minimum atomic E-state index is 0.673. The van der Waals surface area contributed by atoms with Crippen LogP contribution in [0.2, 0.25) is 0 Å². The predicted octanol–water partition coefficient (Wildman–Crippen LogP) is 10.4. The fraction of sp³-hybridized carbons (Fsp3) is 0. The van der Waals surface area contributed by atoms with Gasteiger partial charge in [0.2, 0.25) is 5.95 Å². The summed E-state index contributed by atoms with van der Waals surface area (Å²) in [4.78, 5) is 10.6. The van der Waals surface area contributed by atoms with E-state index in [2.05, 4.69) is 150 Å². The molecule has 0 radical (unpaired) electrons. The Hall–Kier alpha value is -5.80. The van der Waals surface area contributed by atoms with Gasteiger partial charge in [-0.2, -0.15) is 0 Å². The van der Waals surface area contributed by atoms with Crippen LogP contribution in [0, 0.1) is 0 Å². The number of hydrogen-bond acceptors (Lipinski definition) is 2. The van der Waals surface area contributed by atoms with Gasteiger partial charge in [0.25, 0.3) is 0 Å². The number of fused-ring (bicyclic) bond motifs is 7. The Morgan fingerprint density at radius 2 is 1.02 bits per heavy atom. The van der Waals surface area contributed by atoms with Crippen LogP contribution in [-0.4, -0.2) is 14.5 Å². The highest BCUT2D eigenvalue weighted by atomic mass is 15.2. The van der Waals surface area contributed by atoms with Crippen molar-refractivity contribution in [3.63, 3.8) is 0 Å². The van der Waals surface area contributed by atoms with Gasteiger partial charge >= 0.3 is 0 Å². The molecule has 0 atom stereocenters. The van der Waals surface area contributed by atoms with Crippen LogP contribution in [0.5, 0.6) is 0 Å². The van der Waals surface area contributed by atoms with Gasteiger partial charge in [-0.1, -0.05) is 121 Å². The summed E-state index contributed by atoms with van der Waals surface area (Å²) >= 11 is 0. The van der Waals surface area contributed by atoms with Gasteiger partial charge in [0.05, 0.1) is 22.2 Å². The zero-order valence-corrected chi connectivity index (χ0v) is 23.3. The van der Waals surface area contributed by atoms with E-state index in [-0.39, 0.29) is 0 Å². The van der Waals surface area contributed by atoms with Gasteiger partial charge < -0.3 is 0 Å².